The molecule has 2 unspecified atom stereocenters. The molecule has 1 saturated carbocycles. The number of imidazole rings is 1. The average molecular weight is 550 g/mol. The van der Waals surface area contributed by atoms with E-state index in [1.54, 1.807) is 30.7 Å². The topological polar surface area (TPSA) is 107 Å². The Balaban J connectivity index is 1.57. The van der Waals surface area contributed by atoms with Crippen LogP contribution in [-0.4, -0.2) is 30.6 Å². The third-order valence-corrected chi connectivity index (χ3v) is 7.95. The summed E-state index contributed by atoms with van der Waals surface area (Å²) in [4.78, 5) is 35.3. The molecule has 4 aromatic heterocycles. The largest absolute Gasteiger partial charge is 0.427 e. The van der Waals surface area contributed by atoms with Crippen molar-refractivity contribution in [2.75, 3.05) is 0 Å². The SMILES string of the molecule is CC1CCC(Cn2c(C(C)c3ncccc3F)nc3cc(C4NOC(=O)N4)nc(-c4cncc(Cl)c4)c32)CC1. The number of hydroxylamine groups is 1. The maximum absolute atomic E-state index is 14.9. The number of carbonyl (C=O) groups excluding carboxylic acids is 1. The molecule has 1 saturated heterocycles. The van der Waals surface area contributed by atoms with E-state index in [0.717, 1.165) is 30.8 Å². The summed E-state index contributed by atoms with van der Waals surface area (Å²) in [6.07, 6.45) is 8.20. The lowest BCUT2D eigenvalue weighted by atomic mass is 9.83. The molecule has 1 aliphatic carbocycles. The Morgan fingerprint density at radius 3 is 2.74 bits per heavy atom. The molecule has 2 atom stereocenters. The van der Waals surface area contributed by atoms with Crippen molar-refractivity contribution in [2.45, 2.75) is 58.2 Å². The van der Waals surface area contributed by atoms with E-state index in [-0.39, 0.29) is 5.82 Å². The number of amides is 1. The number of carbonyl (C=O) groups is 1. The zero-order valence-corrected chi connectivity index (χ0v) is 22.5. The first-order chi connectivity index (χ1) is 18.9. The second kappa shape index (κ2) is 10.5. The number of fused-ring (bicyclic) bond motifs is 1. The second-order valence-electron chi connectivity index (χ2n) is 10.5. The van der Waals surface area contributed by atoms with Crippen molar-refractivity contribution in [1.82, 2.24) is 35.3 Å². The van der Waals surface area contributed by atoms with Crippen LogP contribution in [0.5, 0.6) is 0 Å². The summed E-state index contributed by atoms with van der Waals surface area (Å²) in [5.41, 5.74) is 6.33. The van der Waals surface area contributed by atoms with Crippen molar-refractivity contribution in [1.29, 1.82) is 0 Å². The molecule has 39 heavy (non-hydrogen) atoms. The fourth-order valence-corrected chi connectivity index (χ4v) is 5.81. The summed E-state index contributed by atoms with van der Waals surface area (Å²) in [7, 11) is 0. The number of pyridine rings is 3. The summed E-state index contributed by atoms with van der Waals surface area (Å²) in [5.74, 6) is 1.09. The van der Waals surface area contributed by atoms with Gasteiger partial charge in [-0.1, -0.05) is 31.4 Å². The van der Waals surface area contributed by atoms with Crippen molar-refractivity contribution in [2.24, 2.45) is 11.8 Å². The van der Waals surface area contributed by atoms with Gasteiger partial charge in [0.2, 0.25) is 0 Å². The Labute approximate surface area is 230 Å². The first kappa shape index (κ1) is 25.6. The third kappa shape index (κ3) is 5.06. The summed E-state index contributed by atoms with van der Waals surface area (Å²) in [6.45, 7) is 4.95. The van der Waals surface area contributed by atoms with Crippen LogP contribution in [0.2, 0.25) is 5.02 Å². The minimum atomic E-state index is -0.660. The van der Waals surface area contributed by atoms with Gasteiger partial charge in [-0.05, 0) is 55.9 Å². The van der Waals surface area contributed by atoms with Crippen LogP contribution in [0, 0.1) is 17.7 Å². The molecule has 4 aromatic rings. The highest BCUT2D eigenvalue weighted by molar-refractivity contribution is 6.30. The Morgan fingerprint density at radius 1 is 1.21 bits per heavy atom. The van der Waals surface area contributed by atoms with Crippen LogP contribution < -0.4 is 10.8 Å². The van der Waals surface area contributed by atoms with Gasteiger partial charge in [-0.25, -0.2) is 19.2 Å². The van der Waals surface area contributed by atoms with Crippen LogP contribution >= 0.6 is 11.6 Å². The van der Waals surface area contributed by atoms with Crippen LogP contribution in [0.1, 0.15) is 68.8 Å². The zero-order chi connectivity index (χ0) is 27.1. The van der Waals surface area contributed by atoms with E-state index in [1.165, 1.54) is 18.9 Å². The van der Waals surface area contributed by atoms with E-state index in [0.29, 0.717) is 44.9 Å². The molecule has 11 heteroatoms. The van der Waals surface area contributed by atoms with Crippen LogP contribution in [0.15, 0.2) is 42.9 Å². The van der Waals surface area contributed by atoms with Crippen LogP contribution in [0.3, 0.4) is 0 Å². The normalized spacial score (nSPS) is 22.1. The van der Waals surface area contributed by atoms with Gasteiger partial charge in [0.05, 0.1) is 39.1 Å². The number of aromatic nitrogens is 5. The summed E-state index contributed by atoms with van der Waals surface area (Å²) in [6, 6.07) is 6.64. The van der Waals surface area contributed by atoms with Gasteiger partial charge < -0.3 is 9.40 Å². The molecule has 1 aliphatic heterocycles. The molecule has 2 aliphatic rings. The molecule has 5 heterocycles. The second-order valence-corrected chi connectivity index (χ2v) is 11.0. The summed E-state index contributed by atoms with van der Waals surface area (Å²) < 4.78 is 17.1. The third-order valence-electron chi connectivity index (χ3n) is 7.74. The van der Waals surface area contributed by atoms with Crippen LogP contribution in [-0.2, 0) is 11.4 Å². The average Bonchev–Trinajstić information content (AvgIpc) is 3.53. The van der Waals surface area contributed by atoms with Gasteiger partial charge in [0, 0.05) is 30.7 Å². The Kier molecular flexibility index (Phi) is 6.90. The molecule has 9 nitrogen and oxygen atoms in total. The van der Waals surface area contributed by atoms with Crippen molar-refractivity contribution in [3.8, 4) is 11.3 Å². The Hall–Kier alpha value is -3.63. The molecular weight excluding hydrogens is 521 g/mol. The fraction of sp³-hybridized carbons (Fsp3) is 0.393. The molecule has 0 aromatic carbocycles. The summed E-state index contributed by atoms with van der Waals surface area (Å²) >= 11 is 6.34. The van der Waals surface area contributed by atoms with Crippen molar-refractivity contribution in [3.05, 3.63) is 70.9 Å². The first-order valence-corrected chi connectivity index (χ1v) is 13.6. The first-order valence-electron chi connectivity index (χ1n) is 13.2. The quantitative estimate of drug-likeness (QED) is 0.308. The Bertz CT molecular complexity index is 1540. The van der Waals surface area contributed by atoms with E-state index >= 15 is 0 Å². The molecule has 6 rings (SSSR count). The maximum atomic E-state index is 14.9. The van der Waals surface area contributed by atoms with E-state index in [2.05, 4.69) is 32.3 Å². The van der Waals surface area contributed by atoms with Gasteiger partial charge in [-0.2, -0.15) is 0 Å². The number of nitrogens with zero attached hydrogens (tertiary/aromatic N) is 5. The molecule has 0 bridgehead atoms. The van der Waals surface area contributed by atoms with Crippen molar-refractivity contribution in [3.63, 3.8) is 0 Å². The van der Waals surface area contributed by atoms with E-state index in [1.807, 2.05) is 13.0 Å². The molecule has 0 radical (unpaired) electrons. The summed E-state index contributed by atoms with van der Waals surface area (Å²) in [5, 5.41) is 3.17. The molecule has 2 fully saturated rings. The molecule has 202 valence electrons. The van der Waals surface area contributed by atoms with Crippen LogP contribution in [0.25, 0.3) is 22.3 Å². The zero-order valence-electron chi connectivity index (χ0n) is 21.7. The van der Waals surface area contributed by atoms with Gasteiger partial charge >= 0.3 is 6.09 Å². The predicted octanol–water partition coefficient (Wildman–Crippen LogP) is 5.90. The molecule has 0 spiro atoms. The lowest BCUT2D eigenvalue weighted by Crippen LogP contribution is -2.23. The monoisotopic (exact) mass is 549 g/mol. The molecule has 1 amide bonds. The van der Waals surface area contributed by atoms with Gasteiger partial charge in [0.15, 0.2) is 6.17 Å². The van der Waals surface area contributed by atoms with Gasteiger partial charge in [0.25, 0.3) is 0 Å². The fourth-order valence-electron chi connectivity index (χ4n) is 5.63. The minimum Gasteiger partial charge on any atom is -0.351 e. The number of halogens is 2. The lowest BCUT2D eigenvalue weighted by Gasteiger charge is -2.28. The lowest BCUT2D eigenvalue weighted by molar-refractivity contribution is 0.121. The number of nitrogens with one attached hydrogen (secondary N) is 2. The van der Waals surface area contributed by atoms with Gasteiger partial charge in [-0.15, -0.1) is 5.48 Å². The highest BCUT2D eigenvalue weighted by Gasteiger charge is 2.30. The smallest absolute Gasteiger partial charge is 0.351 e. The molecular formula is C28H29ClFN7O2. The van der Waals surface area contributed by atoms with Gasteiger partial charge in [-0.3, -0.25) is 15.3 Å². The van der Waals surface area contributed by atoms with E-state index in [9.17, 15) is 9.18 Å². The number of hydrogen-bond donors (Lipinski definition) is 2. The van der Waals surface area contributed by atoms with Gasteiger partial charge in [0.1, 0.15) is 11.6 Å². The highest BCUT2D eigenvalue weighted by Crippen LogP contribution is 2.37. The number of hydrogen-bond acceptors (Lipinski definition) is 7. The van der Waals surface area contributed by atoms with Crippen LogP contribution in [0.4, 0.5) is 9.18 Å². The van der Waals surface area contributed by atoms with Crippen molar-refractivity contribution >= 4 is 28.7 Å². The predicted molar refractivity (Wildman–Crippen MR) is 144 cm³/mol. The standard InChI is InChI=1S/C28H29ClFN7O2/c1-15-5-7-17(8-6-15)14-37-25-21(34-27(37)16(2)23-20(30)4-3-9-32-23)11-22(26-35-28(38)39-36-26)33-24(25)18-10-19(29)13-31-12-18/h3-4,9-13,15-17,26,36H,5-8,14H2,1-2H3,(H,35,38). The molecule has 2 N–H and O–H groups in total. The van der Waals surface area contributed by atoms with E-state index in [4.69, 9.17) is 26.4 Å². The number of rotatable bonds is 6. The van der Waals surface area contributed by atoms with Crippen molar-refractivity contribution < 1.29 is 14.0 Å². The minimum absolute atomic E-state index is 0.337. The Morgan fingerprint density at radius 2 is 2.03 bits per heavy atom. The maximum Gasteiger partial charge on any atom is 0.427 e. The van der Waals surface area contributed by atoms with E-state index < -0.39 is 18.2 Å². The highest BCUT2D eigenvalue weighted by atomic mass is 35.5.